The van der Waals surface area contributed by atoms with Crippen molar-refractivity contribution >= 4 is 11.7 Å². The molecular weight excluding hydrogens is 323 g/mol. The van der Waals surface area contributed by atoms with Gasteiger partial charge in [0.25, 0.3) is 5.79 Å². The first kappa shape index (κ1) is 14.8. The van der Waals surface area contributed by atoms with E-state index < -0.39 is 23.5 Å². The number of benzene rings is 2. The Morgan fingerprint density at radius 1 is 1.00 bits per heavy atom. The Kier molecular flexibility index (Phi) is 2.98. The number of ether oxygens (including phenoxy) is 1. The fraction of sp³-hybridized carbons (Fsp3) is 0.118. The van der Waals surface area contributed by atoms with Gasteiger partial charge in [-0.25, -0.2) is 9.63 Å². The highest BCUT2D eigenvalue weighted by Crippen LogP contribution is 2.43. The van der Waals surface area contributed by atoms with Crippen LogP contribution in [0.2, 0.25) is 0 Å². The number of carbonyl (C=O) groups is 1. The van der Waals surface area contributed by atoms with E-state index in [0.717, 1.165) is 12.1 Å². The Labute approximate surface area is 134 Å². The molecule has 1 N–H and O–H groups in total. The molecule has 0 saturated carbocycles. The van der Waals surface area contributed by atoms with Gasteiger partial charge in [-0.05, 0) is 23.8 Å². The summed E-state index contributed by atoms with van der Waals surface area (Å²) in [4.78, 5) is 17.4. The van der Waals surface area contributed by atoms with Crippen molar-refractivity contribution in [2.45, 2.75) is 12.0 Å². The van der Waals surface area contributed by atoms with Crippen LogP contribution >= 0.6 is 0 Å². The summed E-state index contributed by atoms with van der Waals surface area (Å²) in [5.41, 5.74) is 3.74. The van der Waals surface area contributed by atoms with Crippen LogP contribution in [0.25, 0.3) is 5.70 Å². The zero-order valence-electron chi connectivity index (χ0n) is 12.1. The zero-order chi connectivity index (χ0) is 16.9. The van der Waals surface area contributed by atoms with E-state index in [1.165, 1.54) is 12.1 Å². The number of nitrogens with one attached hydrogen (secondary N) is 1. The van der Waals surface area contributed by atoms with Gasteiger partial charge in [-0.2, -0.15) is 13.2 Å². The number of carbonyl (C=O) groups excluding carboxylic acids is 1. The lowest BCUT2D eigenvalue weighted by atomic mass is 10.0. The number of esters is 1. The van der Waals surface area contributed by atoms with Crippen LogP contribution in [-0.2, 0) is 21.5 Å². The summed E-state index contributed by atoms with van der Waals surface area (Å²) >= 11 is 0. The molecule has 122 valence electrons. The van der Waals surface area contributed by atoms with Crippen molar-refractivity contribution in [1.82, 2.24) is 5.48 Å². The number of hydrogen-bond acceptors (Lipinski definition) is 4. The van der Waals surface area contributed by atoms with Gasteiger partial charge < -0.3 is 4.74 Å². The third-order valence-corrected chi connectivity index (χ3v) is 3.94. The van der Waals surface area contributed by atoms with Crippen LogP contribution in [0.4, 0.5) is 13.2 Å². The maximum Gasteiger partial charge on any atom is 0.416 e. The molecule has 1 spiro atoms. The molecule has 24 heavy (non-hydrogen) atoms. The molecule has 0 amide bonds. The second kappa shape index (κ2) is 4.85. The number of halogens is 3. The molecule has 7 heteroatoms. The van der Waals surface area contributed by atoms with Gasteiger partial charge in [0.1, 0.15) is 0 Å². The number of hydroxylamine groups is 1. The van der Waals surface area contributed by atoms with Gasteiger partial charge in [0.15, 0.2) is 0 Å². The normalized spacial score (nSPS) is 22.1. The molecule has 0 aliphatic carbocycles. The molecule has 4 nitrogen and oxygen atoms in total. The first-order valence-corrected chi connectivity index (χ1v) is 7.06. The van der Waals surface area contributed by atoms with E-state index in [0.29, 0.717) is 22.4 Å². The van der Waals surface area contributed by atoms with Gasteiger partial charge in [0, 0.05) is 11.6 Å². The van der Waals surface area contributed by atoms with Crippen LogP contribution in [0, 0.1) is 0 Å². The fourth-order valence-corrected chi connectivity index (χ4v) is 2.76. The molecule has 2 aromatic rings. The lowest BCUT2D eigenvalue weighted by molar-refractivity contribution is -0.181. The number of alkyl halides is 3. The van der Waals surface area contributed by atoms with Crippen molar-refractivity contribution < 1.29 is 27.5 Å². The topological polar surface area (TPSA) is 47.6 Å². The Morgan fingerprint density at radius 3 is 2.42 bits per heavy atom. The van der Waals surface area contributed by atoms with Crippen molar-refractivity contribution in [1.29, 1.82) is 0 Å². The Balaban J connectivity index is 1.71. The molecule has 1 unspecified atom stereocenters. The maximum absolute atomic E-state index is 12.6. The molecule has 2 aliphatic rings. The maximum atomic E-state index is 12.6. The summed E-state index contributed by atoms with van der Waals surface area (Å²) in [6.45, 7) is 0. The SMILES string of the molecule is O=C1OC2(C=C(c3ccc(C(F)(F)F)cc3)NO2)c2ccccc21. The van der Waals surface area contributed by atoms with Gasteiger partial charge in [-0.15, -0.1) is 0 Å². The van der Waals surface area contributed by atoms with Crippen LogP contribution in [0.5, 0.6) is 0 Å². The largest absolute Gasteiger partial charge is 0.419 e. The molecule has 0 aromatic heterocycles. The van der Waals surface area contributed by atoms with Crippen molar-refractivity contribution in [3.8, 4) is 0 Å². The molecule has 2 aliphatic heterocycles. The van der Waals surface area contributed by atoms with Gasteiger partial charge in [-0.1, -0.05) is 30.3 Å². The molecule has 4 rings (SSSR count). The molecule has 2 heterocycles. The summed E-state index contributed by atoms with van der Waals surface area (Å²) in [5.74, 6) is -1.91. The second-order valence-corrected chi connectivity index (χ2v) is 5.44. The van der Waals surface area contributed by atoms with E-state index in [1.807, 2.05) is 0 Å². The Hall–Kier alpha value is -2.80. The monoisotopic (exact) mass is 333 g/mol. The minimum Gasteiger partial charge on any atom is -0.419 e. The molecule has 0 radical (unpaired) electrons. The molecule has 2 aromatic carbocycles. The molecule has 0 saturated heterocycles. The first-order valence-electron chi connectivity index (χ1n) is 7.06. The number of hydrogen-bond donors (Lipinski definition) is 1. The predicted molar refractivity (Wildman–Crippen MR) is 77.2 cm³/mol. The van der Waals surface area contributed by atoms with Crippen LogP contribution in [0.1, 0.15) is 27.0 Å². The van der Waals surface area contributed by atoms with Crippen LogP contribution in [-0.4, -0.2) is 5.97 Å². The van der Waals surface area contributed by atoms with E-state index >= 15 is 0 Å². The lowest BCUT2D eigenvalue weighted by Gasteiger charge is -2.18. The van der Waals surface area contributed by atoms with Crippen LogP contribution < -0.4 is 5.48 Å². The summed E-state index contributed by atoms with van der Waals surface area (Å²) in [6, 6.07) is 11.4. The van der Waals surface area contributed by atoms with Gasteiger partial charge in [-0.3, -0.25) is 5.48 Å². The predicted octanol–water partition coefficient (Wildman–Crippen LogP) is 3.60. The van der Waals surface area contributed by atoms with E-state index in [1.54, 1.807) is 30.3 Å². The first-order chi connectivity index (χ1) is 11.4. The summed E-state index contributed by atoms with van der Waals surface area (Å²) < 4.78 is 43.2. The lowest BCUT2D eigenvalue weighted by Crippen LogP contribution is -2.26. The molecular formula is C17H10F3NO3. The minimum absolute atomic E-state index is 0.393. The van der Waals surface area contributed by atoms with E-state index in [9.17, 15) is 18.0 Å². The van der Waals surface area contributed by atoms with Gasteiger partial charge in [0.2, 0.25) is 0 Å². The summed E-state index contributed by atoms with van der Waals surface area (Å²) in [5, 5.41) is 0. The molecule has 0 bridgehead atoms. The quantitative estimate of drug-likeness (QED) is 0.810. The highest BCUT2D eigenvalue weighted by molar-refractivity contribution is 5.95. The highest BCUT2D eigenvalue weighted by atomic mass is 19.4. The third kappa shape index (κ3) is 2.16. The van der Waals surface area contributed by atoms with Gasteiger partial charge >= 0.3 is 12.1 Å². The fourth-order valence-electron chi connectivity index (χ4n) is 2.76. The average molecular weight is 333 g/mol. The van der Waals surface area contributed by atoms with Crippen molar-refractivity contribution in [2.24, 2.45) is 0 Å². The van der Waals surface area contributed by atoms with Crippen LogP contribution in [0.15, 0.2) is 54.6 Å². The summed E-state index contributed by atoms with van der Waals surface area (Å²) in [7, 11) is 0. The Morgan fingerprint density at radius 2 is 1.71 bits per heavy atom. The highest BCUT2D eigenvalue weighted by Gasteiger charge is 2.49. The second-order valence-electron chi connectivity index (χ2n) is 5.44. The Bertz CT molecular complexity index is 858. The molecule has 1 atom stereocenters. The van der Waals surface area contributed by atoms with E-state index in [-0.39, 0.29) is 0 Å². The van der Waals surface area contributed by atoms with Crippen LogP contribution in [0.3, 0.4) is 0 Å². The number of fused-ring (bicyclic) bond motifs is 2. The van der Waals surface area contributed by atoms with Crippen molar-refractivity contribution in [3.63, 3.8) is 0 Å². The van der Waals surface area contributed by atoms with Gasteiger partial charge in [0.05, 0.1) is 16.8 Å². The van der Waals surface area contributed by atoms with Crippen molar-refractivity contribution in [3.05, 3.63) is 76.9 Å². The molecule has 0 fully saturated rings. The standard InChI is InChI=1S/C17H10F3NO3/c18-17(19,20)11-7-5-10(6-8-11)14-9-16(24-21-14)13-4-2-1-3-12(13)15(22)23-16/h1-9,21H. The van der Waals surface area contributed by atoms with E-state index in [2.05, 4.69) is 5.48 Å². The minimum atomic E-state index is -4.40. The smallest absolute Gasteiger partial charge is 0.416 e. The van der Waals surface area contributed by atoms with Crippen molar-refractivity contribution in [2.75, 3.05) is 0 Å². The zero-order valence-corrected chi connectivity index (χ0v) is 12.1. The average Bonchev–Trinajstić information content (AvgIpc) is 3.10. The third-order valence-electron chi connectivity index (χ3n) is 3.94. The summed E-state index contributed by atoms with van der Waals surface area (Å²) in [6.07, 6.45) is -2.85. The van der Waals surface area contributed by atoms with E-state index in [4.69, 9.17) is 9.57 Å². The number of rotatable bonds is 1.